The second-order valence-electron chi connectivity index (χ2n) is 7.18. The number of carbonyl (C=O) groups is 2. The molecule has 2 fully saturated rings. The van der Waals surface area contributed by atoms with E-state index < -0.39 is 17.8 Å². The minimum Gasteiger partial charge on any atom is -0.381 e. The van der Waals surface area contributed by atoms with E-state index in [2.05, 4.69) is 15.7 Å². The number of fused-ring (bicyclic) bond motifs is 1. The molecule has 1 unspecified atom stereocenters. The van der Waals surface area contributed by atoms with Crippen molar-refractivity contribution in [2.24, 2.45) is 11.8 Å². The maximum absolute atomic E-state index is 13.8. The average Bonchev–Trinajstić information content (AvgIpc) is 3.07. The first-order valence-electron chi connectivity index (χ1n) is 9.05. The molecule has 0 radical (unpaired) electrons. The molecular formula is C19H20ClFN4O3. The Bertz CT molecular complexity index is 917. The minimum absolute atomic E-state index is 0.0759. The quantitative estimate of drug-likeness (QED) is 0.795. The zero-order valence-corrected chi connectivity index (χ0v) is 16.2. The van der Waals surface area contributed by atoms with Crippen LogP contribution in [-0.2, 0) is 4.74 Å². The number of ether oxygens (including phenoxy) is 1. The van der Waals surface area contributed by atoms with Gasteiger partial charge in [0.05, 0.1) is 19.3 Å². The predicted molar refractivity (Wildman–Crippen MR) is 99.9 cm³/mol. The van der Waals surface area contributed by atoms with Crippen LogP contribution >= 0.6 is 11.6 Å². The Morgan fingerprint density at radius 1 is 1.25 bits per heavy atom. The summed E-state index contributed by atoms with van der Waals surface area (Å²) >= 11 is 5.97. The number of hydrogen-bond acceptors (Lipinski definition) is 4. The van der Waals surface area contributed by atoms with Crippen LogP contribution in [0.25, 0.3) is 0 Å². The van der Waals surface area contributed by atoms with E-state index in [0.717, 1.165) is 0 Å². The maximum atomic E-state index is 13.8. The first-order valence-corrected chi connectivity index (χ1v) is 9.43. The molecule has 0 bridgehead atoms. The van der Waals surface area contributed by atoms with Crippen LogP contribution in [0.5, 0.6) is 0 Å². The fraction of sp³-hybridized carbons (Fsp3) is 0.421. The number of nitrogens with zero attached hydrogens (tertiary/aromatic N) is 2. The van der Waals surface area contributed by atoms with Gasteiger partial charge in [0.25, 0.3) is 11.8 Å². The summed E-state index contributed by atoms with van der Waals surface area (Å²) in [7, 11) is 1.49. The number of halogens is 2. The van der Waals surface area contributed by atoms with Crippen molar-refractivity contribution < 1.29 is 18.7 Å². The number of carbonyl (C=O) groups excluding carboxylic acids is 2. The number of benzene rings is 1. The molecule has 1 aromatic carbocycles. The summed E-state index contributed by atoms with van der Waals surface area (Å²) in [6, 6.07) is 5.17. The van der Waals surface area contributed by atoms with Crippen LogP contribution in [0.3, 0.4) is 0 Å². The molecule has 4 rings (SSSR count). The summed E-state index contributed by atoms with van der Waals surface area (Å²) in [4.78, 5) is 24.9. The zero-order chi connectivity index (χ0) is 20.0. The lowest BCUT2D eigenvalue weighted by molar-refractivity contribution is 0.0915. The Morgan fingerprint density at radius 2 is 1.96 bits per heavy atom. The van der Waals surface area contributed by atoms with Gasteiger partial charge in [-0.1, -0.05) is 11.6 Å². The van der Waals surface area contributed by atoms with E-state index in [1.54, 1.807) is 13.0 Å². The van der Waals surface area contributed by atoms with Crippen molar-refractivity contribution in [2.75, 3.05) is 20.3 Å². The van der Waals surface area contributed by atoms with Crippen molar-refractivity contribution in [3.63, 3.8) is 0 Å². The topological polar surface area (TPSA) is 85.3 Å². The Balaban J connectivity index is 1.65. The summed E-state index contributed by atoms with van der Waals surface area (Å²) < 4.78 is 20.6. The minimum atomic E-state index is -0.505. The molecule has 1 saturated carbocycles. The Hall–Kier alpha value is -2.45. The highest BCUT2D eigenvalue weighted by molar-refractivity contribution is 6.30. The van der Waals surface area contributed by atoms with Gasteiger partial charge >= 0.3 is 0 Å². The van der Waals surface area contributed by atoms with E-state index in [0.29, 0.717) is 30.6 Å². The Kier molecular flexibility index (Phi) is 4.84. The van der Waals surface area contributed by atoms with E-state index in [1.165, 1.54) is 29.9 Å². The number of nitrogens with one attached hydrogen (secondary N) is 2. The molecule has 7 nitrogen and oxygen atoms in total. The standard InChI is InChI=1S/C19H20ClFN4O3/c1-9(10-3-11(20)5-12(21)4-10)25-16(6-15(24-25)18(26)22-2)19(27)23-17-13-7-28-8-14(13)17/h3-6,9,13-14,17H,7-8H2,1-2H3,(H,22,26)(H,23,27)/t9-,13-,14+,17?/m0/s1. The molecular weight excluding hydrogens is 387 g/mol. The van der Waals surface area contributed by atoms with Gasteiger partial charge in [0.15, 0.2) is 5.69 Å². The molecule has 1 aromatic heterocycles. The molecule has 2 aromatic rings. The molecule has 2 amide bonds. The van der Waals surface area contributed by atoms with Crippen LogP contribution in [0.4, 0.5) is 4.39 Å². The lowest BCUT2D eigenvalue weighted by Crippen LogP contribution is -2.32. The van der Waals surface area contributed by atoms with Gasteiger partial charge < -0.3 is 15.4 Å². The van der Waals surface area contributed by atoms with Crippen molar-refractivity contribution in [3.8, 4) is 0 Å². The lowest BCUT2D eigenvalue weighted by atomic mass is 10.1. The summed E-state index contributed by atoms with van der Waals surface area (Å²) in [5.41, 5.74) is 0.890. The number of aromatic nitrogens is 2. The largest absolute Gasteiger partial charge is 0.381 e. The second-order valence-corrected chi connectivity index (χ2v) is 7.62. The van der Waals surface area contributed by atoms with Gasteiger partial charge in [0, 0.05) is 36.0 Å². The van der Waals surface area contributed by atoms with Gasteiger partial charge in [0.1, 0.15) is 11.5 Å². The van der Waals surface area contributed by atoms with Crippen LogP contribution in [-0.4, -0.2) is 47.9 Å². The highest BCUT2D eigenvalue weighted by atomic mass is 35.5. The molecule has 2 heterocycles. The number of hydrogen-bond donors (Lipinski definition) is 2. The monoisotopic (exact) mass is 406 g/mol. The molecule has 1 saturated heterocycles. The van der Waals surface area contributed by atoms with Crippen molar-refractivity contribution in [3.05, 3.63) is 52.1 Å². The molecule has 9 heteroatoms. The van der Waals surface area contributed by atoms with Gasteiger partial charge in [-0.05, 0) is 30.7 Å². The molecule has 2 N–H and O–H groups in total. The molecule has 2 aliphatic rings. The molecule has 28 heavy (non-hydrogen) atoms. The Morgan fingerprint density at radius 3 is 2.61 bits per heavy atom. The molecule has 1 aliphatic heterocycles. The van der Waals surface area contributed by atoms with Crippen LogP contribution < -0.4 is 10.6 Å². The van der Waals surface area contributed by atoms with Gasteiger partial charge in [0.2, 0.25) is 0 Å². The van der Waals surface area contributed by atoms with Gasteiger partial charge in [-0.15, -0.1) is 0 Å². The SMILES string of the molecule is CNC(=O)c1cc(C(=O)NC2[C@H]3COC[C@@H]23)n([C@@H](C)c2cc(F)cc(Cl)c2)n1. The van der Waals surface area contributed by atoms with Crippen molar-refractivity contribution in [1.82, 2.24) is 20.4 Å². The highest BCUT2D eigenvalue weighted by Crippen LogP contribution is 2.44. The van der Waals surface area contributed by atoms with E-state index in [-0.39, 0.29) is 28.4 Å². The zero-order valence-electron chi connectivity index (χ0n) is 15.4. The van der Waals surface area contributed by atoms with Gasteiger partial charge in [-0.2, -0.15) is 5.10 Å². The lowest BCUT2D eigenvalue weighted by Gasteiger charge is -2.17. The fourth-order valence-corrected chi connectivity index (χ4v) is 3.97. The first-order chi connectivity index (χ1) is 13.4. The number of rotatable bonds is 5. The smallest absolute Gasteiger partial charge is 0.271 e. The van der Waals surface area contributed by atoms with Crippen LogP contribution in [0.15, 0.2) is 24.3 Å². The third kappa shape index (κ3) is 3.38. The van der Waals surface area contributed by atoms with Crippen LogP contribution in [0, 0.1) is 17.7 Å². The van der Waals surface area contributed by atoms with Crippen LogP contribution in [0.1, 0.15) is 39.5 Å². The highest BCUT2D eigenvalue weighted by Gasteiger charge is 2.55. The predicted octanol–water partition coefficient (Wildman–Crippen LogP) is 2.02. The molecule has 148 valence electrons. The number of amides is 2. The van der Waals surface area contributed by atoms with Gasteiger partial charge in [-0.25, -0.2) is 4.39 Å². The van der Waals surface area contributed by atoms with E-state index in [1.807, 2.05) is 0 Å². The summed E-state index contributed by atoms with van der Waals surface area (Å²) in [5, 5.41) is 10.0. The molecule has 4 atom stereocenters. The summed E-state index contributed by atoms with van der Waals surface area (Å²) in [6.07, 6.45) is 0. The summed E-state index contributed by atoms with van der Waals surface area (Å²) in [5.74, 6) is -0.522. The normalized spacial score (nSPS) is 23.8. The summed E-state index contributed by atoms with van der Waals surface area (Å²) in [6.45, 7) is 3.06. The second kappa shape index (κ2) is 7.18. The van der Waals surface area contributed by atoms with Crippen LogP contribution in [0.2, 0.25) is 5.02 Å². The fourth-order valence-electron chi connectivity index (χ4n) is 3.73. The molecule has 1 aliphatic carbocycles. The van der Waals surface area contributed by atoms with E-state index in [4.69, 9.17) is 16.3 Å². The molecule has 0 spiro atoms. The van der Waals surface area contributed by atoms with E-state index in [9.17, 15) is 14.0 Å². The maximum Gasteiger partial charge on any atom is 0.271 e. The third-order valence-electron chi connectivity index (χ3n) is 5.41. The van der Waals surface area contributed by atoms with Crippen molar-refractivity contribution >= 4 is 23.4 Å². The average molecular weight is 407 g/mol. The van der Waals surface area contributed by atoms with Gasteiger partial charge in [-0.3, -0.25) is 14.3 Å². The van der Waals surface area contributed by atoms with Crippen molar-refractivity contribution in [1.29, 1.82) is 0 Å². The van der Waals surface area contributed by atoms with E-state index >= 15 is 0 Å². The third-order valence-corrected chi connectivity index (χ3v) is 5.63. The Labute approximate surface area is 166 Å². The first kappa shape index (κ1) is 18.9. The van der Waals surface area contributed by atoms with Crippen molar-refractivity contribution in [2.45, 2.75) is 19.0 Å².